The highest BCUT2D eigenvalue weighted by molar-refractivity contribution is 5.73. The van der Waals surface area contributed by atoms with Crippen molar-refractivity contribution in [3.05, 3.63) is 53.7 Å². The average Bonchev–Trinajstić information content (AvgIpc) is 2.57. The number of hydrogen-bond acceptors (Lipinski definition) is 4. The number of hydrogen-bond donors (Lipinski definition) is 1. The smallest absolute Gasteiger partial charge is 0.433 e. The average molecular weight is 379 g/mol. The number of amides is 1. The summed E-state index contributed by atoms with van der Waals surface area (Å²) in [5, 5.41) is 2.83. The summed E-state index contributed by atoms with van der Waals surface area (Å²) in [4.78, 5) is 16.7. The van der Waals surface area contributed by atoms with Crippen molar-refractivity contribution in [2.24, 2.45) is 0 Å². The van der Waals surface area contributed by atoms with Crippen molar-refractivity contribution in [2.75, 3.05) is 18.0 Å². The van der Waals surface area contributed by atoms with Crippen molar-refractivity contribution in [1.29, 1.82) is 0 Å². The molecule has 1 fully saturated rings. The van der Waals surface area contributed by atoms with E-state index in [0.29, 0.717) is 13.1 Å². The van der Waals surface area contributed by atoms with Gasteiger partial charge in [0, 0.05) is 18.7 Å². The van der Waals surface area contributed by atoms with E-state index in [1.54, 1.807) is 0 Å². The fourth-order valence-electron chi connectivity index (χ4n) is 2.89. The predicted octanol–water partition coefficient (Wildman–Crippen LogP) is 3.57. The molecule has 1 amide bonds. The monoisotopic (exact) mass is 379 g/mol. The first-order chi connectivity index (χ1) is 12.7. The lowest BCUT2D eigenvalue weighted by Crippen LogP contribution is -2.54. The van der Waals surface area contributed by atoms with Crippen molar-refractivity contribution in [3.8, 4) is 5.88 Å². The molecule has 1 aromatic carbocycles. The molecule has 0 bridgehead atoms. The molecule has 5 nitrogen and oxygen atoms in total. The number of nitrogens with zero attached hydrogens (tertiary/aromatic N) is 2. The quantitative estimate of drug-likeness (QED) is 0.863. The van der Waals surface area contributed by atoms with E-state index in [2.05, 4.69) is 15.2 Å². The molecule has 3 rings (SSSR count). The van der Waals surface area contributed by atoms with Gasteiger partial charge in [-0.3, -0.25) is 4.79 Å². The molecule has 2 heterocycles. The van der Waals surface area contributed by atoms with Crippen LogP contribution >= 0.6 is 0 Å². The summed E-state index contributed by atoms with van der Waals surface area (Å²) in [6.07, 6.45) is -4.69. The summed E-state index contributed by atoms with van der Waals surface area (Å²) >= 11 is 0. The van der Waals surface area contributed by atoms with Crippen LogP contribution in [0.1, 0.15) is 31.1 Å². The lowest BCUT2D eigenvalue weighted by molar-refractivity contribution is -0.141. The van der Waals surface area contributed by atoms with Crippen LogP contribution in [0.5, 0.6) is 5.88 Å². The third-order valence-corrected chi connectivity index (χ3v) is 4.33. The van der Waals surface area contributed by atoms with Gasteiger partial charge in [-0.25, -0.2) is 4.98 Å². The number of nitrogens with one attached hydrogen (secondary N) is 1. The first kappa shape index (κ1) is 19.0. The maximum Gasteiger partial charge on any atom is 0.433 e. The molecule has 1 saturated heterocycles. The minimum Gasteiger partial charge on any atom is -0.471 e. The van der Waals surface area contributed by atoms with Gasteiger partial charge in [-0.2, -0.15) is 13.2 Å². The minimum atomic E-state index is -4.48. The van der Waals surface area contributed by atoms with E-state index in [0.717, 1.165) is 17.3 Å². The summed E-state index contributed by atoms with van der Waals surface area (Å²) in [7, 11) is 0. The van der Waals surface area contributed by atoms with Crippen LogP contribution in [0.3, 0.4) is 0 Å². The van der Waals surface area contributed by atoms with E-state index in [1.165, 1.54) is 19.1 Å². The molecule has 1 aromatic heterocycles. The molecule has 27 heavy (non-hydrogen) atoms. The molecule has 1 aliphatic rings. The standard InChI is InChI=1S/C19H20F3N3O2/c1-12(23-13(2)26)14-6-8-15(9-7-14)25-10-16(11-25)27-18-5-3-4-17(24-18)19(20,21)22/h3-9,12,16H,10-11H2,1-2H3,(H,23,26)/t12-/m0/s1. The maximum absolute atomic E-state index is 12.7. The van der Waals surface area contributed by atoms with E-state index in [1.807, 2.05) is 31.2 Å². The summed E-state index contributed by atoms with van der Waals surface area (Å²) in [6, 6.07) is 11.3. The molecule has 144 valence electrons. The predicted molar refractivity (Wildman–Crippen MR) is 94.5 cm³/mol. The normalized spacial score (nSPS) is 15.8. The highest BCUT2D eigenvalue weighted by Crippen LogP contribution is 2.30. The van der Waals surface area contributed by atoms with Crippen LogP contribution in [-0.4, -0.2) is 30.1 Å². The molecule has 2 aromatic rings. The number of halogens is 3. The van der Waals surface area contributed by atoms with Gasteiger partial charge in [-0.1, -0.05) is 18.2 Å². The number of pyridine rings is 1. The van der Waals surface area contributed by atoms with Gasteiger partial charge in [0.15, 0.2) is 0 Å². The fraction of sp³-hybridized carbons (Fsp3) is 0.368. The zero-order valence-electron chi connectivity index (χ0n) is 15.0. The SMILES string of the molecule is CC(=O)N[C@@H](C)c1ccc(N2CC(Oc3cccc(C(F)(F)F)n3)C2)cc1. The van der Waals surface area contributed by atoms with Crippen LogP contribution in [0.15, 0.2) is 42.5 Å². The van der Waals surface area contributed by atoms with Gasteiger partial charge in [0.1, 0.15) is 11.8 Å². The number of benzene rings is 1. The molecule has 0 saturated carbocycles. The Kier molecular flexibility index (Phi) is 5.25. The van der Waals surface area contributed by atoms with Gasteiger partial charge in [-0.15, -0.1) is 0 Å². The van der Waals surface area contributed by atoms with Crippen molar-refractivity contribution in [1.82, 2.24) is 10.3 Å². The van der Waals surface area contributed by atoms with E-state index >= 15 is 0 Å². The Labute approximate surface area is 155 Å². The third kappa shape index (κ3) is 4.69. The molecule has 0 radical (unpaired) electrons. The molecular formula is C19H20F3N3O2. The molecular weight excluding hydrogens is 359 g/mol. The number of ether oxygens (including phenoxy) is 1. The third-order valence-electron chi connectivity index (χ3n) is 4.33. The summed E-state index contributed by atoms with van der Waals surface area (Å²) < 4.78 is 43.6. The number of carbonyl (C=O) groups is 1. The number of anilines is 1. The van der Waals surface area contributed by atoms with Crippen LogP contribution in [0.2, 0.25) is 0 Å². The van der Waals surface area contributed by atoms with Crippen LogP contribution in [0.25, 0.3) is 0 Å². The van der Waals surface area contributed by atoms with Gasteiger partial charge in [0.25, 0.3) is 0 Å². The Morgan fingerprint density at radius 3 is 2.48 bits per heavy atom. The Bertz CT molecular complexity index is 803. The fourth-order valence-corrected chi connectivity index (χ4v) is 2.89. The lowest BCUT2D eigenvalue weighted by Gasteiger charge is -2.40. The van der Waals surface area contributed by atoms with Crippen LogP contribution in [0.4, 0.5) is 18.9 Å². The number of rotatable bonds is 5. The van der Waals surface area contributed by atoms with Crippen molar-refractivity contribution in [2.45, 2.75) is 32.2 Å². The first-order valence-corrected chi connectivity index (χ1v) is 8.55. The zero-order valence-corrected chi connectivity index (χ0v) is 15.0. The summed E-state index contributed by atoms with van der Waals surface area (Å²) in [5.41, 5.74) is 1.03. The number of aromatic nitrogens is 1. The minimum absolute atomic E-state index is 0.0195. The van der Waals surface area contributed by atoms with E-state index in [4.69, 9.17) is 4.74 Å². The van der Waals surface area contributed by atoms with Crippen LogP contribution < -0.4 is 15.0 Å². The molecule has 0 aliphatic carbocycles. The molecule has 0 unspecified atom stereocenters. The molecule has 1 atom stereocenters. The molecule has 1 N–H and O–H groups in total. The van der Waals surface area contributed by atoms with E-state index in [9.17, 15) is 18.0 Å². The van der Waals surface area contributed by atoms with Gasteiger partial charge in [-0.05, 0) is 30.7 Å². The first-order valence-electron chi connectivity index (χ1n) is 8.55. The second-order valence-electron chi connectivity index (χ2n) is 6.52. The van der Waals surface area contributed by atoms with Gasteiger partial charge in [0.2, 0.25) is 11.8 Å². The van der Waals surface area contributed by atoms with Crippen LogP contribution in [-0.2, 0) is 11.0 Å². The maximum atomic E-state index is 12.7. The Balaban J connectivity index is 1.55. The number of carbonyl (C=O) groups excluding carboxylic acids is 1. The zero-order chi connectivity index (χ0) is 19.6. The number of alkyl halides is 3. The highest BCUT2D eigenvalue weighted by atomic mass is 19.4. The summed E-state index contributed by atoms with van der Waals surface area (Å²) in [5.74, 6) is -0.105. The van der Waals surface area contributed by atoms with Crippen molar-refractivity contribution >= 4 is 11.6 Å². The summed E-state index contributed by atoms with van der Waals surface area (Å²) in [6.45, 7) is 4.52. The van der Waals surface area contributed by atoms with E-state index in [-0.39, 0.29) is 23.9 Å². The lowest BCUT2D eigenvalue weighted by atomic mass is 10.1. The second-order valence-corrected chi connectivity index (χ2v) is 6.52. The second kappa shape index (κ2) is 7.46. The van der Waals surface area contributed by atoms with E-state index < -0.39 is 11.9 Å². The van der Waals surface area contributed by atoms with Gasteiger partial charge >= 0.3 is 6.18 Å². The van der Waals surface area contributed by atoms with Crippen molar-refractivity contribution < 1.29 is 22.7 Å². The Morgan fingerprint density at radius 2 is 1.89 bits per heavy atom. The Hall–Kier alpha value is -2.77. The molecule has 0 spiro atoms. The Morgan fingerprint density at radius 1 is 1.22 bits per heavy atom. The van der Waals surface area contributed by atoms with Crippen LogP contribution in [0, 0.1) is 0 Å². The molecule has 1 aliphatic heterocycles. The topological polar surface area (TPSA) is 54.5 Å². The van der Waals surface area contributed by atoms with Gasteiger partial charge in [0.05, 0.1) is 19.1 Å². The largest absolute Gasteiger partial charge is 0.471 e. The van der Waals surface area contributed by atoms with Crippen molar-refractivity contribution in [3.63, 3.8) is 0 Å². The highest BCUT2D eigenvalue weighted by Gasteiger charge is 2.34. The van der Waals surface area contributed by atoms with Gasteiger partial charge < -0.3 is 15.0 Å². The molecule has 8 heteroatoms.